The van der Waals surface area contributed by atoms with Gasteiger partial charge in [-0.15, -0.1) is 0 Å². The number of hydrogen-bond donors (Lipinski definition) is 2. The minimum Gasteiger partial charge on any atom is -0.272 e. The zero-order valence-corrected chi connectivity index (χ0v) is 7.10. The number of amides is 1. The van der Waals surface area contributed by atoms with Gasteiger partial charge in [0, 0.05) is 0 Å². The number of carbonyl (C=O) groups is 1. The van der Waals surface area contributed by atoms with Gasteiger partial charge in [-0.1, -0.05) is 13.8 Å². The summed E-state index contributed by atoms with van der Waals surface area (Å²) in [7, 11) is -3.54. The van der Waals surface area contributed by atoms with Gasteiger partial charge in [0.05, 0.1) is 0 Å². The van der Waals surface area contributed by atoms with E-state index in [0.29, 0.717) is 0 Å². The highest BCUT2D eigenvalue weighted by Gasteiger charge is 2.35. The van der Waals surface area contributed by atoms with Crippen molar-refractivity contribution in [3.05, 3.63) is 0 Å². The van der Waals surface area contributed by atoms with Crippen LogP contribution in [-0.2, 0) is 15.0 Å². The van der Waals surface area contributed by atoms with Gasteiger partial charge < -0.3 is 0 Å². The average molecular weight is 178 g/mol. The molecule has 0 bridgehead atoms. The number of nitrogens with one attached hydrogen (secondary N) is 2. The Labute approximate surface area is 65.4 Å². The molecule has 1 aliphatic rings. The summed E-state index contributed by atoms with van der Waals surface area (Å²) in [6.45, 7) is 3.55. The Morgan fingerprint density at radius 3 is 2.18 bits per heavy atom. The first-order valence-corrected chi connectivity index (χ1v) is 4.74. The average Bonchev–Trinajstić information content (AvgIpc) is 2.05. The Morgan fingerprint density at radius 2 is 2.00 bits per heavy atom. The minimum absolute atomic E-state index is 0.0210. The molecular weight excluding hydrogens is 168 g/mol. The van der Waals surface area contributed by atoms with Gasteiger partial charge in [-0.3, -0.25) is 4.79 Å². The van der Waals surface area contributed by atoms with Crippen LogP contribution in [0, 0.1) is 5.92 Å². The quantitative estimate of drug-likeness (QED) is 0.539. The summed E-state index contributed by atoms with van der Waals surface area (Å²) in [5, 5.41) is 0. The molecule has 2 N–H and O–H groups in total. The molecule has 0 aromatic heterocycles. The Hall–Kier alpha value is -0.620. The number of rotatable bonds is 1. The lowest BCUT2D eigenvalue weighted by Crippen LogP contribution is -2.34. The van der Waals surface area contributed by atoms with Gasteiger partial charge in [0.2, 0.25) is 0 Å². The molecule has 1 saturated heterocycles. The van der Waals surface area contributed by atoms with E-state index in [9.17, 15) is 13.2 Å². The van der Waals surface area contributed by atoms with E-state index in [-0.39, 0.29) is 5.92 Å². The lowest BCUT2D eigenvalue weighted by atomic mass is 10.1. The summed E-state index contributed by atoms with van der Waals surface area (Å²) in [6.07, 6.45) is 0. The van der Waals surface area contributed by atoms with E-state index < -0.39 is 22.2 Å². The van der Waals surface area contributed by atoms with Crippen molar-refractivity contribution < 1.29 is 13.2 Å². The van der Waals surface area contributed by atoms with Crippen LogP contribution in [0.1, 0.15) is 13.8 Å². The molecular formula is C5H10N2O3S. The van der Waals surface area contributed by atoms with E-state index >= 15 is 0 Å². The Morgan fingerprint density at radius 1 is 1.45 bits per heavy atom. The molecule has 0 spiro atoms. The topological polar surface area (TPSA) is 75.3 Å². The van der Waals surface area contributed by atoms with E-state index in [1.54, 1.807) is 13.8 Å². The molecule has 1 unspecified atom stereocenters. The maximum absolute atomic E-state index is 10.9. The van der Waals surface area contributed by atoms with Crippen LogP contribution in [0.5, 0.6) is 0 Å². The first-order chi connectivity index (χ1) is 4.92. The molecule has 0 aromatic carbocycles. The fourth-order valence-electron chi connectivity index (χ4n) is 0.885. The first kappa shape index (κ1) is 8.48. The maximum atomic E-state index is 10.9. The molecule has 0 aromatic rings. The van der Waals surface area contributed by atoms with Crippen LogP contribution in [0.25, 0.3) is 0 Å². The van der Waals surface area contributed by atoms with E-state index in [1.165, 1.54) is 0 Å². The maximum Gasteiger partial charge on any atom is 0.302 e. The highest BCUT2D eigenvalue weighted by atomic mass is 32.2. The van der Waals surface area contributed by atoms with Crippen molar-refractivity contribution in [1.82, 2.24) is 9.44 Å². The van der Waals surface area contributed by atoms with E-state index in [4.69, 9.17) is 0 Å². The van der Waals surface area contributed by atoms with Crippen LogP contribution >= 0.6 is 0 Å². The largest absolute Gasteiger partial charge is 0.302 e. The summed E-state index contributed by atoms with van der Waals surface area (Å²) >= 11 is 0. The van der Waals surface area contributed by atoms with Crippen LogP contribution in [0.15, 0.2) is 0 Å². The highest BCUT2D eigenvalue weighted by Crippen LogP contribution is 2.07. The smallest absolute Gasteiger partial charge is 0.272 e. The van der Waals surface area contributed by atoms with E-state index in [1.807, 2.05) is 4.72 Å². The van der Waals surface area contributed by atoms with Gasteiger partial charge in [-0.05, 0) is 5.92 Å². The van der Waals surface area contributed by atoms with Crippen LogP contribution in [0.3, 0.4) is 0 Å². The molecule has 6 heteroatoms. The molecule has 5 nitrogen and oxygen atoms in total. The molecule has 0 radical (unpaired) electrons. The van der Waals surface area contributed by atoms with Crippen molar-refractivity contribution in [2.75, 3.05) is 0 Å². The van der Waals surface area contributed by atoms with Crippen molar-refractivity contribution in [1.29, 1.82) is 0 Å². The Kier molecular flexibility index (Phi) is 1.89. The van der Waals surface area contributed by atoms with Crippen molar-refractivity contribution in [3.63, 3.8) is 0 Å². The molecule has 1 heterocycles. The molecule has 11 heavy (non-hydrogen) atoms. The van der Waals surface area contributed by atoms with Gasteiger partial charge in [-0.2, -0.15) is 13.1 Å². The SMILES string of the molecule is CC(C)C1NS(=O)(=O)NC1=O. The van der Waals surface area contributed by atoms with Crippen LogP contribution in [0.2, 0.25) is 0 Å². The lowest BCUT2D eigenvalue weighted by molar-refractivity contribution is -0.120. The van der Waals surface area contributed by atoms with Gasteiger partial charge in [-0.25, -0.2) is 4.72 Å². The normalized spacial score (nSPS) is 29.0. The third kappa shape index (κ3) is 1.69. The van der Waals surface area contributed by atoms with E-state index in [2.05, 4.69) is 4.72 Å². The van der Waals surface area contributed by atoms with Gasteiger partial charge in [0.1, 0.15) is 6.04 Å². The van der Waals surface area contributed by atoms with Crippen LogP contribution < -0.4 is 9.44 Å². The minimum atomic E-state index is -3.54. The van der Waals surface area contributed by atoms with E-state index in [0.717, 1.165) is 0 Å². The molecule has 1 amide bonds. The van der Waals surface area contributed by atoms with Crippen molar-refractivity contribution in [2.45, 2.75) is 19.9 Å². The molecule has 64 valence electrons. The zero-order valence-electron chi connectivity index (χ0n) is 6.29. The first-order valence-electron chi connectivity index (χ1n) is 3.26. The van der Waals surface area contributed by atoms with Crippen LogP contribution in [-0.4, -0.2) is 20.4 Å². The van der Waals surface area contributed by atoms with Crippen molar-refractivity contribution in [3.8, 4) is 0 Å². The lowest BCUT2D eigenvalue weighted by Gasteiger charge is -2.08. The van der Waals surface area contributed by atoms with Gasteiger partial charge in [0.25, 0.3) is 5.91 Å². The second kappa shape index (κ2) is 2.46. The number of hydrogen-bond acceptors (Lipinski definition) is 3. The monoisotopic (exact) mass is 178 g/mol. The number of carbonyl (C=O) groups excluding carboxylic acids is 1. The predicted octanol–water partition coefficient (Wildman–Crippen LogP) is -1.02. The fraction of sp³-hybridized carbons (Fsp3) is 0.800. The highest BCUT2D eigenvalue weighted by molar-refractivity contribution is 7.88. The molecule has 0 aliphatic carbocycles. The van der Waals surface area contributed by atoms with Gasteiger partial charge in [0.15, 0.2) is 0 Å². The standard InChI is InChI=1S/C5H10N2O3S/c1-3(2)4-5(8)7-11(9,10)6-4/h3-4,6H,1-2H3,(H,7,8). The summed E-state index contributed by atoms with van der Waals surface area (Å²) in [4.78, 5) is 10.9. The molecule has 1 rings (SSSR count). The molecule has 1 fully saturated rings. The Bertz CT molecular complexity index is 269. The Balaban J connectivity index is 2.83. The summed E-state index contributed by atoms with van der Waals surface area (Å²) in [6, 6.07) is -0.611. The molecule has 0 saturated carbocycles. The summed E-state index contributed by atoms with van der Waals surface area (Å²) in [5.41, 5.74) is 0. The third-order valence-electron chi connectivity index (χ3n) is 1.47. The molecule has 1 atom stereocenters. The zero-order chi connectivity index (χ0) is 8.65. The third-order valence-corrected chi connectivity index (χ3v) is 2.50. The summed E-state index contributed by atoms with van der Waals surface area (Å²) in [5.74, 6) is -0.493. The van der Waals surface area contributed by atoms with Gasteiger partial charge >= 0.3 is 10.2 Å². The second-order valence-electron chi connectivity index (χ2n) is 2.81. The summed E-state index contributed by atoms with van der Waals surface area (Å²) < 4.78 is 25.5. The fourth-order valence-corrected chi connectivity index (χ4v) is 2.05. The van der Waals surface area contributed by atoms with Crippen molar-refractivity contribution in [2.24, 2.45) is 5.92 Å². The predicted molar refractivity (Wildman–Crippen MR) is 38.8 cm³/mol. The van der Waals surface area contributed by atoms with Crippen molar-refractivity contribution >= 4 is 16.1 Å². The second-order valence-corrected chi connectivity index (χ2v) is 4.26. The van der Waals surface area contributed by atoms with Crippen LogP contribution in [0.4, 0.5) is 0 Å². The molecule has 1 aliphatic heterocycles.